The van der Waals surface area contributed by atoms with E-state index in [1.165, 1.54) is 6.42 Å². The summed E-state index contributed by atoms with van der Waals surface area (Å²) >= 11 is 0. The maximum atomic E-state index is 11.7. The quantitative estimate of drug-likeness (QED) is 0.797. The summed E-state index contributed by atoms with van der Waals surface area (Å²) in [6, 6.07) is 0. The molecule has 1 radical (unpaired) electrons. The van der Waals surface area contributed by atoms with E-state index in [-0.39, 0.29) is 12.5 Å². The van der Waals surface area contributed by atoms with Crippen LogP contribution in [0.15, 0.2) is 0 Å². The molecule has 5 heteroatoms. The van der Waals surface area contributed by atoms with Crippen molar-refractivity contribution in [2.75, 3.05) is 0 Å². The third-order valence-corrected chi connectivity index (χ3v) is 4.43. The average molecular weight is 282 g/mol. The molecule has 1 unspecified atom stereocenters. The number of hydrogen-bond acceptors (Lipinski definition) is 4. The van der Waals surface area contributed by atoms with E-state index in [9.17, 15) is 9.59 Å². The SMILES string of the molecule is CC(C)[C@@H]1CC[C@@H](C)C[C@H]1OC1(C(N)=O)[CH]CC(=O)O1. The van der Waals surface area contributed by atoms with Gasteiger partial charge in [-0.3, -0.25) is 9.59 Å². The molecule has 20 heavy (non-hydrogen) atoms. The van der Waals surface area contributed by atoms with Gasteiger partial charge in [0.25, 0.3) is 11.7 Å². The summed E-state index contributed by atoms with van der Waals surface area (Å²) < 4.78 is 11.0. The number of carbonyl (C=O) groups excluding carboxylic acids is 2. The summed E-state index contributed by atoms with van der Waals surface area (Å²) in [7, 11) is 0. The Kier molecular flexibility index (Phi) is 4.37. The minimum atomic E-state index is -1.66. The van der Waals surface area contributed by atoms with Crippen molar-refractivity contribution in [2.45, 2.75) is 58.3 Å². The smallest absolute Gasteiger partial charge is 0.309 e. The van der Waals surface area contributed by atoms with Crippen LogP contribution in [0.25, 0.3) is 0 Å². The molecule has 1 aliphatic carbocycles. The van der Waals surface area contributed by atoms with Crippen LogP contribution in [0, 0.1) is 24.2 Å². The maximum Gasteiger partial charge on any atom is 0.309 e. The lowest BCUT2D eigenvalue weighted by Gasteiger charge is -2.40. The Morgan fingerprint density at radius 1 is 1.50 bits per heavy atom. The van der Waals surface area contributed by atoms with E-state index >= 15 is 0 Å². The molecule has 0 aromatic rings. The summed E-state index contributed by atoms with van der Waals surface area (Å²) in [6.07, 6.45) is 4.51. The molecule has 1 saturated carbocycles. The highest BCUT2D eigenvalue weighted by atomic mass is 16.7. The molecule has 2 aliphatic rings. The number of carbonyl (C=O) groups is 2. The predicted octanol–water partition coefficient (Wildman–Crippen LogP) is 1.80. The highest BCUT2D eigenvalue weighted by Crippen LogP contribution is 2.39. The van der Waals surface area contributed by atoms with Gasteiger partial charge in [0.1, 0.15) is 0 Å². The normalized spacial score (nSPS) is 38.0. The topological polar surface area (TPSA) is 78.6 Å². The van der Waals surface area contributed by atoms with Crippen LogP contribution >= 0.6 is 0 Å². The van der Waals surface area contributed by atoms with E-state index in [1.54, 1.807) is 0 Å². The third kappa shape index (κ3) is 2.97. The molecule has 113 valence electrons. The fourth-order valence-electron chi connectivity index (χ4n) is 3.23. The number of primary amides is 1. The number of cyclic esters (lactones) is 1. The fraction of sp³-hybridized carbons (Fsp3) is 0.800. The van der Waals surface area contributed by atoms with E-state index in [1.807, 2.05) is 0 Å². The number of hydrogen-bond donors (Lipinski definition) is 1. The number of rotatable bonds is 4. The molecule has 5 nitrogen and oxygen atoms in total. The molecule has 2 fully saturated rings. The van der Waals surface area contributed by atoms with Crippen LogP contribution in [-0.2, 0) is 19.1 Å². The van der Waals surface area contributed by atoms with Gasteiger partial charge in [-0.05, 0) is 30.6 Å². The Balaban J connectivity index is 2.15. The van der Waals surface area contributed by atoms with Crippen LogP contribution < -0.4 is 5.73 Å². The van der Waals surface area contributed by atoms with Gasteiger partial charge in [0.15, 0.2) is 0 Å². The lowest BCUT2D eigenvalue weighted by molar-refractivity contribution is -0.228. The Morgan fingerprint density at radius 3 is 2.70 bits per heavy atom. The third-order valence-electron chi connectivity index (χ3n) is 4.43. The van der Waals surface area contributed by atoms with Crippen LogP contribution in [0.3, 0.4) is 0 Å². The summed E-state index contributed by atoms with van der Waals surface area (Å²) in [5.41, 5.74) is 5.40. The van der Waals surface area contributed by atoms with Gasteiger partial charge in [0, 0.05) is 0 Å². The van der Waals surface area contributed by atoms with Gasteiger partial charge in [0.2, 0.25) is 0 Å². The molecule has 1 saturated heterocycles. The number of nitrogens with two attached hydrogens (primary N) is 1. The van der Waals surface area contributed by atoms with Gasteiger partial charge in [0.05, 0.1) is 18.9 Å². The molecular weight excluding hydrogens is 258 g/mol. The first-order chi connectivity index (χ1) is 9.34. The van der Waals surface area contributed by atoms with Crippen molar-refractivity contribution in [3.63, 3.8) is 0 Å². The Hall–Kier alpha value is -1.10. The summed E-state index contributed by atoms with van der Waals surface area (Å²) in [5.74, 6) is -1.52. The Labute approximate surface area is 120 Å². The summed E-state index contributed by atoms with van der Waals surface area (Å²) in [5, 5.41) is 0. The zero-order chi connectivity index (χ0) is 14.9. The fourth-order valence-corrected chi connectivity index (χ4v) is 3.23. The minimum Gasteiger partial charge on any atom is -0.423 e. The number of amides is 1. The van der Waals surface area contributed by atoms with Crippen molar-refractivity contribution < 1.29 is 19.1 Å². The van der Waals surface area contributed by atoms with Crippen LogP contribution in [0.2, 0.25) is 0 Å². The van der Waals surface area contributed by atoms with E-state index < -0.39 is 17.7 Å². The molecule has 1 amide bonds. The van der Waals surface area contributed by atoms with Crippen LogP contribution in [0.1, 0.15) is 46.5 Å². The first-order valence-corrected chi connectivity index (χ1v) is 7.38. The first kappa shape index (κ1) is 15.3. The Morgan fingerprint density at radius 2 is 2.20 bits per heavy atom. The largest absolute Gasteiger partial charge is 0.423 e. The van der Waals surface area contributed by atoms with Gasteiger partial charge in [-0.2, -0.15) is 0 Å². The second kappa shape index (κ2) is 5.72. The number of esters is 1. The monoisotopic (exact) mass is 282 g/mol. The predicted molar refractivity (Wildman–Crippen MR) is 73.2 cm³/mol. The van der Waals surface area contributed by atoms with E-state index in [0.29, 0.717) is 17.8 Å². The highest BCUT2D eigenvalue weighted by molar-refractivity contribution is 5.90. The second-order valence-electron chi connectivity index (χ2n) is 6.40. The highest BCUT2D eigenvalue weighted by Gasteiger charge is 2.51. The van der Waals surface area contributed by atoms with Crippen LogP contribution in [0.5, 0.6) is 0 Å². The van der Waals surface area contributed by atoms with Crippen molar-refractivity contribution in [1.29, 1.82) is 0 Å². The van der Waals surface area contributed by atoms with Gasteiger partial charge >= 0.3 is 5.97 Å². The van der Waals surface area contributed by atoms with E-state index in [0.717, 1.165) is 19.3 Å². The lowest BCUT2D eigenvalue weighted by Crippen LogP contribution is -2.51. The zero-order valence-corrected chi connectivity index (χ0v) is 12.4. The molecule has 1 heterocycles. The minimum absolute atomic E-state index is 0.0670. The second-order valence-corrected chi connectivity index (χ2v) is 6.40. The lowest BCUT2D eigenvalue weighted by atomic mass is 9.75. The van der Waals surface area contributed by atoms with Gasteiger partial charge in [-0.1, -0.05) is 27.2 Å². The van der Waals surface area contributed by atoms with E-state index in [4.69, 9.17) is 15.2 Å². The number of ether oxygens (including phenoxy) is 2. The first-order valence-electron chi connectivity index (χ1n) is 7.38. The Bertz CT molecular complexity index is 395. The van der Waals surface area contributed by atoms with Gasteiger partial charge in [-0.25, -0.2) is 0 Å². The molecular formula is C15H24NO4. The molecule has 0 aromatic heterocycles. The average Bonchev–Trinajstić information content (AvgIpc) is 2.71. The standard InChI is InChI=1S/C15H24NO4/c1-9(2)11-5-4-10(3)8-12(11)19-15(14(16)18)7-6-13(17)20-15/h7,9-12H,4-6,8H2,1-3H3,(H2,16,18)/t10-,11+,12-,15?/m1/s1. The molecule has 2 rings (SSSR count). The zero-order valence-electron chi connectivity index (χ0n) is 12.4. The molecule has 2 N–H and O–H groups in total. The summed E-state index contributed by atoms with van der Waals surface area (Å²) in [6.45, 7) is 6.48. The molecule has 0 bridgehead atoms. The van der Waals surface area contributed by atoms with Crippen molar-refractivity contribution >= 4 is 11.9 Å². The molecule has 0 spiro atoms. The van der Waals surface area contributed by atoms with Crippen molar-refractivity contribution in [3.8, 4) is 0 Å². The van der Waals surface area contributed by atoms with E-state index in [2.05, 4.69) is 20.8 Å². The molecule has 1 aliphatic heterocycles. The van der Waals surface area contributed by atoms with Crippen molar-refractivity contribution in [3.05, 3.63) is 6.42 Å². The molecule has 4 atom stereocenters. The molecule has 0 aromatic carbocycles. The van der Waals surface area contributed by atoms with Crippen molar-refractivity contribution in [1.82, 2.24) is 0 Å². The van der Waals surface area contributed by atoms with Gasteiger partial charge < -0.3 is 15.2 Å². The van der Waals surface area contributed by atoms with Crippen LogP contribution in [-0.4, -0.2) is 23.8 Å². The summed E-state index contributed by atoms with van der Waals surface area (Å²) in [4.78, 5) is 23.0. The van der Waals surface area contributed by atoms with Crippen LogP contribution in [0.4, 0.5) is 0 Å². The van der Waals surface area contributed by atoms with Gasteiger partial charge in [-0.15, -0.1) is 0 Å². The maximum absolute atomic E-state index is 11.7. The van der Waals surface area contributed by atoms with Crippen molar-refractivity contribution in [2.24, 2.45) is 23.5 Å².